The smallest absolute Gasteiger partial charge is 0.239 e. The first-order valence-electron chi connectivity index (χ1n) is 5.09. The second-order valence-electron chi connectivity index (χ2n) is 3.39. The molecule has 0 saturated carbocycles. The molecule has 0 aliphatic rings. The van der Waals surface area contributed by atoms with Crippen molar-refractivity contribution < 1.29 is 9.59 Å². The van der Waals surface area contributed by atoms with Crippen LogP contribution in [0.1, 0.15) is 5.56 Å². The van der Waals surface area contributed by atoms with Gasteiger partial charge in [0.1, 0.15) is 0 Å². The minimum Gasteiger partial charge on any atom is -0.350 e. The largest absolute Gasteiger partial charge is 0.350 e. The standard InChI is InChI=1S/C11H14BrN3O2/c12-9-3-1-2-8(4-9)6-14-11(17)7-15-10(16)5-13/h1-4H,5-7,13H2,(H,14,17)(H,15,16). The lowest BCUT2D eigenvalue weighted by Gasteiger charge is -2.06. The summed E-state index contributed by atoms with van der Waals surface area (Å²) >= 11 is 3.34. The van der Waals surface area contributed by atoms with E-state index < -0.39 is 0 Å². The van der Waals surface area contributed by atoms with Gasteiger partial charge in [-0.25, -0.2) is 0 Å². The van der Waals surface area contributed by atoms with Crippen molar-refractivity contribution in [1.29, 1.82) is 0 Å². The van der Waals surface area contributed by atoms with Crippen LogP contribution < -0.4 is 16.4 Å². The highest BCUT2D eigenvalue weighted by Gasteiger charge is 2.03. The van der Waals surface area contributed by atoms with Crippen LogP contribution >= 0.6 is 15.9 Å². The second kappa shape index (κ2) is 7.03. The lowest BCUT2D eigenvalue weighted by atomic mass is 10.2. The number of benzene rings is 1. The molecule has 1 rings (SSSR count). The highest BCUT2D eigenvalue weighted by atomic mass is 79.9. The van der Waals surface area contributed by atoms with Gasteiger partial charge >= 0.3 is 0 Å². The highest BCUT2D eigenvalue weighted by molar-refractivity contribution is 9.10. The number of carbonyl (C=O) groups is 2. The Morgan fingerprint density at radius 2 is 2.00 bits per heavy atom. The molecule has 0 saturated heterocycles. The maximum absolute atomic E-state index is 11.3. The van der Waals surface area contributed by atoms with Crippen molar-refractivity contribution in [1.82, 2.24) is 10.6 Å². The molecule has 0 bridgehead atoms. The summed E-state index contributed by atoms with van der Waals surface area (Å²) in [6, 6.07) is 7.62. The zero-order valence-corrected chi connectivity index (χ0v) is 10.8. The molecule has 2 amide bonds. The van der Waals surface area contributed by atoms with Crippen molar-refractivity contribution in [3.05, 3.63) is 34.3 Å². The van der Waals surface area contributed by atoms with Gasteiger partial charge in [0, 0.05) is 11.0 Å². The molecule has 6 heteroatoms. The van der Waals surface area contributed by atoms with Crippen molar-refractivity contribution >= 4 is 27.7 Å². The number of hydrogen-bond acceptors (Lipinski definition) is 3. The Kier molecular flexibility index (Phi) is 5.65. The van der Waals surface area contributed by atoms with E-state index in [0.717, 1.165) is 10.0 Å². The fourth-order valence-electron chi connectivity index (χ4n) is 1.16. The summed E-state index contributed by atoms with van der Waals surface area (Å²) in [5.41, 5.74) is 6.08. The van der Waals surface area contributed by atoms with Gasteiger partial charge in [-0.3, -0.25) is 9.59 Å². The number of rotatable bonds is 5. The van der Waals surface area contributed by atoms with Crippen LogP contribution in [0.4, 0.5) is 0 Å². The zero-order valence-electron chi connectivity index (χ0n) is 9.20. The van der Waals surface area contributed by atoms with E-state index in [1.807, 2.05) is 24.3 Å². The Morgan fingerprint density at radius 3 is 2.65 bits per heavy atom. The van der Waals surface area contributed by atoms with Gasteiger partial charge in [0.2, 0.25) is 11.8 Å². The molecule has 0 aliphatic carbocycles. The fourth-order valence-corrected chi connectivity index (χ4v) is 1.61. The maximum Gasteiger partial charge on any atom is 0.239 e. The average Bonchev–Trinajstić information content (AvgIpc) is 2.33. The predicted molar refractivity (Wildman–Crippen MR) is 68.1 cm³/mol. The number of hydrogen-bond donors (Lipinski definition) is 3. The SMILES string of the molecule is NCC(=O)NCC(=O)NCc1cccc(Br)c1. The zero-order chi connectivity index (χ0) is 12.7. The Labute approximate surface area is 108 Å². The van der Waals surface area contributed by atoms with Crippen LogP contribution in [0.25, 0.3) is 0 Å². The van der Waals surface area contributed by atoms with Gasteiger partial charge < -0.3 is 16.4 Å². The topological polar surface area (TPSA) is 84.2 Å². The summed E-state index contributed by atoms with van der Waals surface area (Å²) in [5, 5.41) is 5.08. The van der Waals surface area contributed by atoms with Crippen molar-refractivity contribution in [2.75, 3.05) is 13.1 Å². The number of nitrogens with two attached hydrogens (primary N) is 1. The fraction of sp³-hybridized carbons (Fsp3) is 0.273. The van der Waals surface area contributed by atoms with Gasteiger partial charge in [0.25, 0.3) is 0 Å². The molecule has 1 aromatic rings. The van der Waals surface area contributed by atoms with Gasteiger partial charge in [0.05, 0.1) is 13.1 Å². The van der Waals surface area contributed by atoms with E-state index in [0.29, 0.717) is 6.54 Å². The van der Waals surface area contributed by atoms with Crippen LogP contribution in [-0.2, 0) is 16.1 Å². The van der Waals surface area contributed by atoms with Gasteiger partial charge in [-0.15, -0.1) is 0 Å². The first-order valence-corrected chi connectivity index (χ1v) is 5.89. The molecule has 1 aromatic carbocycles. The quantitative estimate of drug-likeness (QED) is 0.723. The molecule has 0 fully saturated rings. The van der Waals surface area contributed by atoms with Gasteiger partial charge in [-0.2, -0.15) is 0 Å². The van der Waals surface area contributed by atoms with Crippen LogP contribution in [0.15, 0.2) is 28.7 Å². The lowest BCUT2D eigenvalue weighted by molar-refractivity contribution is -0.125. The summed E-state index contributed by atoms with van der Waals surface area (Å²) < 4.78 is 0.959. The minimum absolute atomic E-state index is 0.0516. The summed E-state index contributed by atoms with van der Waals surface area (Å²) in [7, 11) is 0. The molecule has 0 unspecified atom stereocenters. The molecule has 0 aliphatic heterocycles. The predicted octanol–water partition coefficient (Wildman–Crippen LogP) is 0.140. The number of amides is 2. The molecule has 5 nitrogen and oxygen atoms in total. The maximum atomic E-state index is 11.3. The summed E-state index contributed by atoms with van der Waals surface area (Å²) in [4.78, 5) is 22.2. The van der Waals surface area contributed by atoms with Crippen molar-refractivity contribution in [3.63, 3.8) is 0 Å². The number of halogens is 1. The summed E-state index contributed by atoms with van der Waals surface area (Å²) in [5.74, 6) is -0.589. The highest BCUT2D eigenvalue weighted by Crippen LogP contribution is 2.11. The Balaban J connectivity index is 2.31. The Morgan fingerprint density at radius 1 is 1.24 bits per heavy atom. The van der Waals surface area contributed by atoms with Crippen LogP contribution in [0.3, 0.4) is 0 Å². The summed E-state index contributed by atoms with van der Waals surface area (Å²) in [6.45, 7) is 0.264. The molecule has 17 heavy (non-hydrogen) atoms. The molecular weight excluding hydrogens is 286 g/mol. The minimum atomic E-state index is -0.345. The molecular formula is C11H14BrN3O2. The molecule has 0 radical (unpaired) electrons. The van der Waals surface area contributed by atoms with Gasteiger partial charge in [-0.05, 0) is 17.7 Å². The molecule has 0 aromatic heterocycles. The lowest BCUT2D eigenvalue weighted by Crippen LogP contribution is -2.39. The van der Waals surface area contributed by atoms with E-state index in [-0.39, 0.29) is 24.9 Å². The van der Waals surface area contributed by atoms with Gasteiger partial charge in [0.15, 0.2) is 0 Å². The molecule has 0 atom stereocenters. The van der Waals surface area contributed by atoms with Crippen LogP contribution in [0.2, 0.25) is 0 Å². The van der Waals surface area contributed by atoms with E-state index in [9.17, 15) is 9.59 Å². The van der Waals surface area contributed by atoms with Crippen molar-refractivity contribution in [2.24, 2.45) is 5.73 Å². The third kappa shape index (κ3) is 5.46. The molecule has 0 spiro atoms. The van der Waals surface area contributed by atoms with E-state index in [2.05, 4.69) is 26.6 Å². The van der Waals surface area contributed by atoms with Crippen molar-refractivity contribution in [3.8, 4) is 0 Å². The van der Waals surface area contributed by atoms with E-state index >= 15 is 0 Å². The number of carbonyl (C=O) groups excluding carboxylic acids is 2. The first kappa shape index (κ1) is 13.7. The third-order valence-corrected chi connectivity index (χ3v) is 2.50. The molecule has 4 N–H and O–H groups in total. The van der Waals surface area contributed by atoms with E-state index in [4.69, 9.17) is 5.73 Å². The summed E-state index contributed by atoms with van der Waals surface area (Å²) in [6.07, 6.45) is 0. The average molecular weight is 300 g/mol. The van der Waals surface area contributed by atoms with E-state index in [1.54, 1.807) is 0 Å². The number of nitrogens with one attached hydrogen (secondary N) is 2. The monoisotopic (exact) mass is 299 g/mol. The Bertz CT molecular complexity index is 409. The third-order valence-electron chi connectivity index (χ3n) is 2.01. The Hall–Kier alpha value is -1.40. The second-order valence-corrected chi connectivity index (χ2v) is 4.30. The van der Waals surface area contributed by atoms with Crippen molar-refractivity contribution in [2.45, 2.75) is 6.54 Å². The van der Waals surface area contributed by atoms with Crippen LogP contribution in [-0.4, -0.2) is 24.9 Å². The first-order chi connectivity index (χ1) is 8.11. The molecule has 92 valence electrons. The van der Waals surface area contributed by atoms with Crippen LogP contribution in [0, 0.1) is 0 Å². The van der Waals surface area contributed by atoms with E-state index in [1.165, 1.54) is 0 Å². The van der Waals surface area contributed by atoms with Crippen LogP contribution in [0.5, 0.6) is 0 Å². The van der Waals surface area contributed by atoms with Gasteiger partial charge in [-0.1, -0.05) is 28.1 Å². The molecule has 0 heterocycles. The normalized spacial score (nSPS) is 9.76.